The largest absolute Gasteiger partial charge is 0.496 e. The first-order valence-electron chi connectivity index (χ1n) is 7.42. The number of aliphatic hydroxyl groups excluding tert-OH is 2. The predicted octanol–water partition coefficient (Wildman–Crippen LogP) is 1.97. The summed E-state index contributed by atoms with van der Waals surface area (Å²) in [6.45, 7) is 1.81. The van der Waals surface area contributed by atoms with Gasteiger partial charge in [-0.1, -0.05) is 24.6 Å². The molecule has 2 unspecified atom stereocenters. The molecule has 0 spiro atoms. The van der Waals surface area contributed by atoms with E-state index in [-0.39, 0.29) is 6.61 Å². The second-order valence-corrected chi connectivity index (χ2v) is 5.41. The van der Waals surface area contributed by atoms with Gasteiger partial charge in [0, 0.05) is 24.8 Å². The Labute approximate surface area is 121 Å². The van der Waals surface area contributed by atoms with Crippen molar-refractivity contribution >= 4 is 0 Å². The molecule has 0 aromatic heterocycles. The van der Waals surface area contributed by atoms with Crippen molar-refractivity contribution in [2.45, 2.75) is 37.8 Å². The number of rotatable bonds is 6. The van der Waals surface area contributed by atoms with E-state index in [1.54, 1.807) is 7.11 Å². The Morgan fingerprint density at radius 1 is 1.35 bits per heavy atom. The van der Waals surface area contributed by atoms with Gasteiger partial charge in [0.05, 0.1) is 13.2 Å². The van der Waals surface area contributed by atoms with E-state index in [0.717, 1.165) is 30.7 Å². The Morgan fingerprint density at radius 3 is 2.90 bits per heavy atom. The average molecular weight is 279 g/mol. The number of methoxy groups -OCH3 is 1. The number of aliphatic hydroxyl groups is 2. The van der Waals surface area contributed by atoms with Crippen LogP contribution >= 0.6 is 0 Å². The number of β-amino-alcohol motifs (C(OH)–C–C–N with tert-alkyl or cyclic N) is 1. The lowest BCUT2D eigenvalue weighted by atomic mass is 9.98. The number of hydrogen-bond donors (Lipinski definition) is 2. The minimum absolute atomic E-state index is 0.214. The summed E-state index contributed by atoms with van der Waals surface area (Å²) in [5.74, 6) is 0.732. The first-order valence-corrected chi connectivity index (χ1v) is 7.42. The third-order valence-corrected chi connectivity index (χ3v) is 4.12. The molecule has 0 saturated carbocycles. The van der Waals surface area contributed by atoms with Gasteiger partial charge < -0.3 is 14.9 Å². The van der Waals surface area contributed by atoms with Crippen LogP contribution in [0.3, 0.4) is 0 Å². The van der Waals surface area contributed by atoms with Crippen LogP contribution in [0.25, 0.3) is 0 Å². The molecule has 112 valence electrons. The van der Waals surface area contributed by atoms with E-state index in [0.29, 0.717) is 12.6 Å². The maximum Gasteiger partial charge on any atom is 0.124 e. The summed E-state index contributed by atoms with van der Waals surface area (Å²) in [7, 11) is 1.63. The molecule has 4 nitrogen and oxygen atoms in total. The van der Waals surface area contributed by atoms with Crippen LogP contribution in [0.15, 0.2) is 24.3 Å². The van der Waals surface area contributed by atoms with E-state index in [1.807, 2.05) is 24.3 Å². The van der Waals surface area contributed by atoms with Gasteiger partial charge in [0.15, 0.2) is 0 Å². The van der Waals surface area contributed by atoms with Gasteiger partial charge in [-0.3, -0.25) is 4.90 Å². The van der Waals surface area contributed by atoms with E-state index in [2.05, 4.69) is 4.90 Å². The molecule has 2 rings (SSSR count). The first-order chi connectivity index (χ1) is 9.76. The highest BCUT2D eigenvalue weighted by atomic mass is 16.5. The summed E-state index contributed by atoms with van der Waals surface area (Å²) < 4.78 is 5.31. The maximum atomic E-state index is 10.5. The molecule has 2 N–H and O–H groups in total. The van der Waals surface area contributed by atoms with Crippen molar-refractivity contribution in [1.82, 2.24) is 4.90 Å². The van der Waals surface area contributed by atoms with Crippen LogP contribution in [-0.2, 0) is 0 Å². The lowest BCUT2D eigenvalue weighted by Gasteiger charge is -2.36. The van der Waals surface area contributed by atoms with Crippen molar-refractivity contribution < 1.29 is 14.9 Å². The SMILES string of the molecule is COc1ccccc1C(O)CN1CCCCC1CCO. The smallest absolute Gasteiger partial charge is 0.124 e. The summed E-state index contributed by atoms with van der Waals surface area (Å²) in [5, 5.41) is 19.6. The molecule has 1 heterocycles. The molecule has 0 amide bonds. The van der Waals surface area contributed by atoms with E-state index in [1.165, 1.54) is 12.8 Å². The quantitative estimate of drug-likeness (QED) is 0.836. The predicted molar refractivity (Wildman–Crippen MR) is 78.9 cm³/mol. The lowest BCUT2D eigenvalue weighted by Crippen LogP contribution is -2.42. The Bertz CT molecular complexity index is 408. The van der Waals surface area contributed by atoms with Crippen LogP contribution in [0, 0.1) is 0 Å². The fraction of sp³-hybridized carbons (Fsp3) is 0.625. The van der Waals surface area contributed by atoms with Gasteiger partial charge in [0.2, 0.25) is 0 Å². The van der Waals surface area contributed by atoms with Crippen LogP contribution in [0.5, 0.6) is 5.75 Å². The Balaban J connectivity index is 2.03. The minimum Gasteiger partial charge on any atom is -0.496 e. The number of piperidine rings is 1. The van der Waals surface area contributed by atoms with Crippen molar-refractivity contribution in [1.29, 1.82) is 0 Å². The average Bonchev–Trinajstić information content (AvgIpc) is 2.49. The van der Waals surface area contributed by atoms with E-state index in [9.17, 15) is 5.11 Å². The number of nitrogens with zero attached hydrogens (tertiary/aromatic N) is 1. The van der Waals surface area contributed by atoms with Gasteiger partial charge in [0.25, 0.3) is 0 Å². The number of para-hydroxylation sites is 1. The summed E-state index contributed by atoms with van der Waals surface area (Å²) in [5.41, 5.74) is 0.836. The maximum absolute atomic E-state index is 10.5. The van der Waals surface area contributed by atoms with Crippen molar-refractivity contribution in [2.24, 2.45) is 0 Å². The summed E-state index contributed by atoms with van der Waals surface area (Å²) in [4.78, 5) is 2.30. The summed E-state index contributed by atoms with van der Waals surface area (Å²) in [6, 6.07) is 8.00. The summed E-state index contributed by atoms with van der Waals surface area (Å²) >= 11 is 0. The Hall–Kier alpha value is -1.10. The van der Waals surface area contributed by atoms with Crippen LogP contribution in [0.1, 0.15) is 37.4 Å². The molecule has 0 radical (unpaired) electrons. The van der Waals surface area contributed by atoms with Crippen LogP contribution in [0.2, 0.25) is 0 Å². The number of hydrogen-bond acceptors (Lipinski definition) is 4. The van der Waals surface area contributed by atoms with Crippen LogP contribution < -0.4 is 4.74 Å². The number of benzene rings is 1. The molecule has 1 aromatic rings. The van der Waals surface area contributed by atoms with Gasteiger partial charge in [-0.2, -0.15) is 0 Å². The standard InChI is InChI=1S/C16H25NO3/c1-20-16-8-3-2-7-14(16)15(19)12-17-10-5-4-6-13(17)9-11-18/h2-3,7-8,13,15,18-19H,4-6,9-12H2,1H3. The third-order valence-electron chi connectivity index (χ3n) is 4.12. The van der Waals surface area contributed by atoms with Gasteiger partial charge in [0.1, 0.15) is 5.75 Å². The first kappa shape index (κ1) is 15.3. The molecular formula is C16H25NO3. The summed E-state index contributed by atoms with van der Waals surface area (Å²) in [6.07, 6.45) is 3.73. The van der Waals surface area contributed by atoms with E-state index >= 15 is 0 Å². The third kappa shape index (κ3) is 3.72. The zero-order valence-corrected chi connectivity index (χ0v) is 12.2. The zero-order chi connectivity index (χ0) is 14.4. The van der Waals surface area contributed by atoms with Gasteiger partial charge in [-0.05, 0) is 31.9 Å². The molecule has 1 saturated heterocycles. The fourth-order valence-electron chi connectivity index (χ4n) is 3.04. The molecule has 2 atom stereocenters. The van der Waals surface area contributed by atoms with E-state index in [4.69, 9.17) is 9.84 Å². The Kier molecular flexibility index (Phi) is 5.83. The molecule has 4 heteroatoms. The van der Waals surface area contributed by atoms with Gasteiger partial charge in [-0.25, -0.2) is 0 Å². The van der Waals surface area contributed by atoms with E-state index < -0.39 is 6.10 Å². The second-order valence-electron chi connectivity index (χ2n) is 5.41. The van der Waals surface area contributed by atoms with Crippen molar-refractivity contribution in [3.05, 3.63) is 29.8 Å². The lowest BCUT2D eigenvalue weighted by molar-refractivity contribution is 0.0554. The minimum atomic E-state index is -0.551. The van der Waals surface area contributed by atoms with Crippen LogP contribution in [0.4, 0.5) is 0 Å². The molecule has 0 aliphatic carbocycles. The highest BCUT2D eigenvalue weighted by Gasteiger charge is 2.25. The topological polar surface area (TPSA) is 52.9 Å². The normalized spacial score (nSPS) is 21.6. The van der Waals surface area contributed by atoms with Crippen molar-refractivity contribution in [3.8, 4) is 5.75 Å². The van der Waals surface area contributed by atoms with Crippen molar-refractivity contribution in [2.75, 3.05) is 26.8 Å². The molecule has 20 heavy (non-hydrogen) atoms. The van der Waals surface area contributed by atoms with Crippen LogP contribution in [-0.4, -0.2) is 48.0 Å². The zero-order valence-electron chi connectivity index (χ0n) is 12.2. The molecule has 1 fully saturated rings. The molecular weight excluding hydrogens is 254 g/mol. The molecule has 1 aromatic carbocycles. The highest BCUT2D eigenvalue weighted by molar-refractivity contribution is 5.35. The highest BCUT2D eigenvalue weighted by Crippen LogP contribution is 2.28. The molecule has 1 aliphatic rings. The molecule has 1 aliphatic heterocycles. The number of ether oxygens (including phenoxy) is 1. The molecule has 0 bridgehead atoms. The fourth-order valence-corrected chi connectivity index (χ4v) is 3.04. The van der Waals surface area contributed by atoms with Gasteiger partial charge >= 0.3 is 0 Å². The Morgan fingerprint density at radius 2 is 2.15 bits per heavy atom. The van der Waals surface area contributed by atoms with Gasteiger partial charge in [-0.15, -0.1) is 0 Å². The van der Waals surface area contributed by atoms with Crippen molar-refractivity contribution in [3.63, 3.8) is 0 Å². The second kappa shape index (κ2) is 7.62. The monoisotopic (exact) mass is 279 g/mol. The number of likely N-dealkylation sites (tertiary alicyclic amines) is 1.